The Morgan fingerprint density at radius 3 is 2.33 bits per heavy atom. The van der Waals surface area contributed by atoms with Gasteiger partial charge in [0.1, 0.15) is 0 Å². The lowest BCUT2D eigenvalue weighted by molar-refractivity contribution is 0.103. The SMILES string of the molecule is O=C(Nc1ccc(S(=O)(=O)Nc2ncccn2)cc1)c1cccs1. The van der Waals surface area contributed by atoms with E-state index in [9.17, 15) is 13.2 Å². The molecule has 0 bridgehead atoms. The van der Waals surface area contributed by atoms with E-state index in [0.29, 0.717) is 10.6 Å². The van der Waals surface area contributed by atoms with Crippen LogP contribution in [0.3, 0.4) is 0 Å². The van der Waals surface area contributed by atoms with Crippen molar-refractivity contribution in [2.24, 2.45) is 0 Å². The van der Waals surface area contributed by atoms with Crippen molar-refractivity contribution in [1.82, 2.24) is 9.97 Å². The Balaban J connectivity index is 1.73. The van der Waals surface area contributed by atoms with E-state index in [1.165, 1.54) is 48.0 Å². The second-order valence-electron chi connectivity index (χ2n) is 4.63. The first kappa shape index (κ1) is 16.1. The number of rotatable bonds is 5. The molecule has 3 rings (SSSR count). The average Bonchev–Trinajstić information content (AvgIpc) is 3.10. The number of carbonyl (C=O) groups excluding carboxylic acids is 1. The highest BCUT2D eigenvalue weighted by Gasteiger charge is 2.15. The number of thiophene rings is 1. The van der Waals surface area contributed by atoms with Gasteiger partial charge in [-0.2, -0.15) is 0 Å². The second kappa shape index (κ2) is 6.77. The number of sulfonamides is 1. The number of carbonyl (C=O) groups is 1. The van der Waals surface area contributed by atoms with Gasteiger partial charge in [0.05, 0.1) is 9.77 Å². The molecule has 0 aliphatic carbocycles. The van der Waals surface area contributed by atoms with Crippen molar-refractivity contribution in [2.45, 2.75) is 4.90 Å². The molecule has 0 spiro atoms. The van der Waals surface area contributed by atoms with Crippen LogP contribution in [0.15, 0.2) is 65.1 Å². The highest BCUT2D eigenvalue weighted by molar-refractivity contribution is 7.92. The molecular weight excluding hydrogens is 348 g/mol. The topological polar surface area (TPSA) is 101 Å². The monoisotopic (exact) mass is 360 g/mol. The predicted octanol–water partition coefficient (Wildman–Crippen LogP) is 2.59. The molecule has 7 nitrogen and oxygen atoms in total. The largest absolute Gasteiger partial charge is 0.321 e. The van der Waals surface area contributed by atoms with Gasteiger partial charge in [-0.15, -0.1) is 11.3 Å². The summed E-state index contributed by atoms with van der Waals surface area (Å²) in [5, 5.41) is 4.51. The van der Waals surface area contributed by atoms with Gasteiger partial charge in [0.25, 0.3) is 15.9 Å². The lowest BCUT2D eigenvalue weighted by Crippen LogP contribution is -2.15. The third-order valence-corrected chi connectivity index (χ3v) is 5.17. The van der Waals surface area contributed by atoms with Crippen LogP contribution in [0.1, 0.15) is 9.67 Å². The molecule has 122 valence electrons. The molecule has 0 unspecified atom stereocenters. The molecule has 0 aliphatic heterocycles. The van der Waals surface area contributed by atoms with E-state index in [1.54, 1.807) is 18.2 Å². The lowest BCUT2D eigenvalue weighted by atomic mass is 10.3. The van der Waals surface area contributed by atoms with Crippen LogP contribution in [0.4, 0.5) is 11.6 Å². The van der Waals surface area contributed by atoms with E-state index in [0.717, 1.165) is 0 Å². The number of aromatic nitrogens is 2. The van der Waals surface area contributed by atoms with E-state index in [4.69, 9.17) is 0 Å². The second-order valence-corrected chi connectivity index (χ2v) is 7.26. The van der Waals surface area contributed by atoms with E-state index in [1.807, 2.05) is 5.38 Å². The highest BCUT2D eigenvalue weighted by Crippen LogP contribution is 2.18. The first-order chi connectivity index (χ1) is 11.5. The number of hydrogen-bond acceptors (Lipinski definition) is 6. The molecule has 0 aliphatic rings. The Kier molecular flexibility index (Phi) is 4.54. The summed E-state index contributed by atoms with van der Waals surface area (Å²) in [5.41, 5.74) is 0.503. The van der Waals surface area contributed by atoms with Crippen LogP contribution in [0.2, 0.25) is 0 Å². The summed E-state index contributed by atoms with van der Waals surface area (Å²) in [4.78, 5) is 20.2. The Hall–Kier alpha value is -2.78. The Labute approximate surface area is 142 Å². The quantitative estimate of drug-likeness (QED) is 0.728. The van der Waals surface area contributed by atoms with Gasteiger partial charge in [0.15, 0.2) is 0 Å². The van der Waals surface area contributed by atoms with Crippen LogP contribution in [0, 0.1) is 0 Å². The molecule has 0 atom stereocenters. The molecule has 1 aromatic carbocycles. The van der Waals surface area contributed by atoms with Crippen LogP contribution in [0.25, 0.3) is 0 Å². The fraction of sp³-hybridized carbons (Fsp3) is 0. The van der Waals surface area contributed by atoms with Crippen molar-refractivity contribution in [2.75, 3.05) is 10.0 Å². The van der Waals surface area contributed by atoms with Gasteiger partial charge >= 0.3 is 0 Å². The fourth-order valence-corrected chi connectivity index (χ4v) is 3.43. The van der Waals surface area contributed by atoms with E-state index < -0.39 is 10.0 Å². The molecule has 1 amide bonds. The van der Waals surface area contributed by atoms with Gasteiger partial charge in [-0.05, 0) is 41.8 Å². The molecule has 0 saturated carbocycles. The summed E-state index contributed by atoms with van der Waals surface area (Å²) in [5.74, 6) is -0.246. The Morgan fingerprint density at radius 1 is 1.00 bits per heavy atom. The van der Waals surface area contributed by atoms with E-state index in [-0.39, 0.29) is 16.8 Å². The summed E-state index contributed by atoms with van der Waals surface area (Å²) in [7, 11) is -3.79. The van der Waals surface area contributed by atoms with Crippen LogP contribution in [-0.2, 0) is 10.0 Å². The van der Waals surface area contributed by atoms with E-state index >= 15 is 0 Å². The number of benzene rings is 1. The molecule has 0 radical (unpaired) electrons. The van der Waals surface area contributed by atoms with Crippen molar-refractivity contribution < 1.29 is 13.2 Å². The molecule has 3 aromatic rings. The first-order valence-electron chi connectivity index (χ1n) is 6.79. The molecular formula is C15H12N4O3S2. The molecule has 2 aromatic heterocycles. The smallest absolute Gasteiger partial charge is 0.265 e. The van der Waals surface area contributed by atoms with Gasteiger partial charge in [-0.1, -0.05) is 6.07 Å². The van der Waals surface area contributed by atoms with Crippen molar-refractivity contribution in [3.8, 4) is 0 Å². The zero-order valence-electron chi connectivity index (χ0n) is 12.2. The normalized spacial score (nSPS) is 11.0. The summed E-state index contributed by atoms with van der Waals surface area (Å²) in [6.45, 7) is 0. The van der Waals surface area contributed by atoms with Gasteiger partial charge in [-0.3, -0.25) is 4.79 Å². The summed E-state index contributed by atoms with van der Waals surface area (Å²) >= 11 is 1.33. The van der Waals surface area contributed by atoms with Gasteiger partial charge in [-0.25, -0.2) is 23.1 Å². The minimum absolute atomic E-state index is 0.00688. The summed E-state index contributed by atoms with van der Waals surface area (Å²) < 4.78 is 26.8. The van der Waals surface area contributed by atoms with Crippen LogP contribution < -0.4 is 10.0 Å². The minimum atomic E-state index is -3.79. The fourth-order valence-electron chi connectivity index (χ4n) is 1.85. The molecule has 2 heterocycles. The van der Waals surface area contributed by atoms with Gasteiger partial charge < -0.3 is 5.32 Å². The third-order valence-electron chi connectivity index (χ3n) is 2.96. The summed E-state index contributed by atoms with van der Waals surface area (Å²) in [6, 6.07) is 10.9. The van der Waals surface area contributed by atoms with Crippen molar-refractivity contribution in [3.05, 3.63) is 65.1 Å². The highest BCUT2D eigenvalue weighted by atomic mass is 32.2. The minimum Gasteiger partial charge on any atom is -0.321 e. The lowest BCUT2D eigenvalue weighted by Gasteiger charge is -2.08. The van der Waals surface area contributed by atoms with Crippen LogP contribution >= 0.6 is 11.3 Å². The molecule has 9 heteroatoms. The Bertz CT molecular complexity index is 925. The van der Waals surface area contributed by atoms with Crippen molar-refractivity contribution >= 4 is 38.9 Å². The number of amides is 1. The predicted molar refractivity (Wildman–Crippen MR) is 91.6 cm³/mol. The van der Waals surface area contributed by atoms with Crippen LogP contribution in [-0.4, -0.2) is 24.3 Å². The average molecular weight is 360 g/mol. The van der Waals surface area contributed by atoms with Crippen molar-refractivity contribution in [3.63, 3.8) is 0 Å². The molecule has 0 fully saturated rings. The molecule has 24 heavy (non-hydrogen) atoms. The van der Waals surface area contributed by atoms with Crippen molar-refractivity contribution in [1.29, 1.82) is 0 Å². The van der Waals surface area contributed by atoms with Crippen LogP contribution in [0.5, 0.6) is 0 Å². The van der Waals surface area contributed by atoms with Gasteiger partial charge in [0.2, 0.25) is 5.95 Å². The first-order valence-corrected chi connectivity index (χ1v) is 9.16. The molecule has 2 N–H and O–H groups in total. The Morgan fingerprint density at radius 2 is 1.71 bits per heavy atom. The maximum Gasteiger partial charge on any atom is 0.265 e. The number of hydrogen-bond donors (Lipinski definition) is 2. The standard InChI is InChI=1S/C15H12N4O3S2/c20-14(13-3-1-10-23-13)18-11-4-6-12(7-5-11)24(21,22)19-15-16-8-2-9-17-15/h1-10H,(H,18,20)(H,16,17,19). The number of anilines is 2. The third kappa shape index (κ3) is 3.76. The number of nitrogens with one attached hydrogen (secondary N) is 2. The zero-order valence-corrected chi connectivity index (χ0v) is 13.8. The van der Waals surface area contributed by atoms with Gasteiger partial charge in [0, 0.05) is 18.1 Å². The summed E-state index contributed by atoms with van der Waals surface area (Å²) in [6.07, 6.45) is 2.88. The molecule has 0 saturated heterocycles. The van der Waals surface area contributed by atoms with E-state index in [2.05, 4.69) is 20.0 Å². The zero-order chi connectivity index (χ0) is 17.0. The maximum absolute atomic E-state index is 12.2. The maximum atomic E-state index is 12.2. The number of nitrogens with zero attached hydrogens (tertiary/aromatic N) is 2.